The molecule has 0 saturated heterocycles. The minimum atomic E-state index is 0.695. The van der Waals surface area contributed by atoms with Crippen LogP contribution in [0.15, 0.2) is 206 Å². The SMILES string of the molecule is c1ccc(-c2ccc(-c3ccccc3-c3cc(-c4ccccc4)nc(-c4ccc(-c5c6ccccc6cc6ccc7ccccc7c56)cc4)n3)cc2)cc1. The van der Waals surface area contributed by atoms with Gasteiger partial charge in [-0.1, -0.05) is 194 Å². The molecule has 1 heterocycles. The van der Waals surface area contributed by atoms with Crippen LogP contribution in [0.5, 0.6) is 0 Å². The first-order valence-corrected chi connectivity index (χ1v) is 18.4. The van der Waals surface area contributed by atoms with Gasteiger partial charge in [-0.3, -0.25) is 0 Å². The fourth-order valence-corrected chi connectivity index (χ4v) is 7.83. The van der Waals surface area contributed by atoms with E-state index in [0.29, 0.717) is 5.82 Å². The monoisotopic (exact) mass is 686 g/mol. The van der Waals surface area contributed by atoms with Crippen molar-refractivity contribution in [2.45, 2.75) is 0 Å². The molecular weight excluding hydrogens is 653 g/mol. The van der Waals surface area contributed by atoms with Crippen LogP contribution >= 0.6 is 0 Å². The fraction of sp³-hybridized carbons (Fsp3) is 0. The lowest BCUT2D eigenvalue weighted by atomic mass is 9.89. The third kappa shape index (κ3) is 5.71. The van der Waals surface area contributed by atoms with Gasteiger partial charge in [-0.05, 0) is 77.8 Å². The fourth-order valence-electron chi connectivity index (χ4n) is 7.83. The van der Waals surface area contributed by atoms with Crippen molar-refractivity contribution in [2.75, 3.05) is 0 Å². The molecule has 0 radical (unpaired) electrons. The molecule has 0 N–H and O–H groups in total. The van der Waals surface area contributed by atoms with Crippen LogP contribution in [0.3, 0.4) is 0 Å². The van der Waals surface area contributed by atoms with E-state index in [2.05, 4.69) is 200 Å². The van der Waals surface area contributed by atoms with E-state index in [1.807, 2.05) is 6.07 Å². The van der Waals surface area contributed by atoms with Crippen molar-refractivity contribution < 1.29 is 0 Å². The topological polar surface area (TPSA) is 25.8 Å². The van der Waals surface area contributed by atoms with Crippen LogP contribution in [0.2, 0.25) is 0 Å². The molecule has 10 rings (SSSR count). The zero-order valence-corrected chi connectivity index (χ0v) is 29.5. The van der Waals surface area contributed by atoms with Gasteiger partial charge >= 0.3 is 0 Å². The van der Waals surface area contributed by atoms with Gasteiger partial charge in [-0.2, -0.15) is 0 Å². The normalized spacial score (nSPS) is 11.3. The summed E-state index contributed by atoms with van der Waals surface area (Å²) in [6.45, 7) is 0. The second-order valence-corrected chi connectivity index (χ2v) is 13.8. The van der Waals surface area contributed by atoms with Gasteiger partial charge in [-0.15, -0.1) is 0 Å². The maximum absolute atomic E-state index is 5.28. The van der Waals surface area contributed by atoms with Crippen LogP contribution in [0.25, 0.3) is 99.6 Å². The van der Waals surface area contributed by atoms with E-state index < -0.39 is 0 Å². The van der Waals surface area contributed by atoms with Crippen LogP contribution in [-0.4, -0.2) is 9.97 Å². The first kappa shape index (κ1) is 31.6. The zero-order chi connectivity index (χ0) is 35.8. The smallest absolute Gasteiger partial charge is 0.160 e. The van der Waals surface area contributed by atoms with Gasteiger partial charge in [0.05, 0.1) is 11.4 Å². The van der Waals surface area contributed by atoms with Gasteiger partial charge < -0.3 is 0 Å². The molecule has 10 aromatic rings. The molecule has 0 bridgehead atoms. The predicted molar refractivity (Wildman–Crippen MR) is 227 cm³/mol. The average molecular weight is 687 g/mol. The Morgan fingerprint density at radius 3 is 1.56 bits per heavy atom. The number of aromatic nitrogens is 2. The Kier molecular flexibility index (Phi) is 7.85. The maximum atomic E-state index is 5.28. The van der Waals surface area contributed by atoms with E-state index in [9.17, 15) is 0 Å². The number of fused-ring (bicyclic) bond motifs is 4. The Morgan fingerprint density at radius 1 is 0.278 bits per heavy atom. The summed E-state index contributed by atoms with van der Waals surface area (Å²) >= 11 is 0. The summed E-state index contributed by atoms with van der Waals surface area (Å²) < 4.78 is 0. The number of hydrogen-bond donors (Lipinski definition) is 0. The Hall–Kier alpha value is -7.16. The third-order valence-electron chi connectivity index (χ3n) is 10.5. The minimum Gasteiger partial charge on any atom is -0.228 e. The highest BCUT2D eigenvalue weighted by Crippen LogP contribution is 2.41. The highest BCUT2D eigenvalue weighted by atomic mass is 14.9. The summed E-state index contributed by atoms with van der Waals surface area (Å²) in [7, 11) is 0. The van der Waals surface area contributed by atoms with Gasteiger partial charge in [-0.25, -0.2) is 9.97 Å². The van der Waals surface area contributed by atoms with Crippen LogP contribution in [-0.2, 0) is 0 Å². The van der Waals surface area contributed by atoms with Crippen molar-refractivity contribution >= 4 is 32.3 Å². The molecule has 0 aliphatic rings. The molecule has 0 unspecified atom stereocenters. The van der Waals surface area contributed by atoms with Crippen LogP contribution in [0.4, 0.5) is 0 Å². The van der Waals surface area contributed by atoms with Gasteiger partial charge in [0.25, 0.3) is 0 Å². The van der Waals surface area contributed by atoms with Crippen molar-refractivity contribution in [3.8, 4) is 67.3 Å². The quantitative estimate of drug-likeness (QED) is 0.129. The summed E-state index contributed by atoms with van der Waals surface area (Å²) in [4.78, 5) is 10.5. The zero-order valence-electron chi connectivity index (χ0n) is 29.5. The highest BCUT2D eigenvalue weighted by molar-refractivity contribution is 6.21. The van der Waals surface area contributed by atoms with Crippen LogP contribution in [0.1, 0.15) is 0 Å². The van der Waals surface area contributed by atoms with Crippen LogP contribution in [0, 0.1) is 0 Å². The van der Waals surface area contributed by atoms with E-state index >= 15 is 0 Å². The Balaban J connectivity index is 1.11. The molecule has 2 nitrogen and oxygen atoms in total. The molecule has 0 aliphatic carbocycles. The Bertz CT molecular complexity index is 2950. The van der Waals surface area contributed by atoms with E-state index in [1.54, 1.807) is 0 Å². The minimum absolute atomic E-state index is 0.695. The maximum Gasteiger partial charge on any atom is 0.160 e. The first-order chi connectivity index (χ1) is 26.8. The summed E-state index contributed by atoms with van der Waals surface area (Å²) in [6.07, 6.45) is 0. The lowest BCUT2D eigenvalue weighted by Crippen LogP contribution is -1.97. The largest absolute Gasteiger partial charge is 0.228 e. The summed E-state index contributed by atoms with van der Waals surface area (Å²) in [6, 6.07) is 73.4. The number of benzene rings is 9. The van der Waals surface area contributed by atoms with E-state index in [4.69, 9.17) is 9.97 Å². The molecule has 0 aliphatic heterocycles. The second kappa shape index (κ2) is 13.4. The molecule has 0 amide bonds. The van der Waals surface area contributed by atoms with Gasteiger partial charge in [0.2, 0.25) is 0 Å². The lowest BCUT2D eigenvalue weighted by Gasteiger charge is -2.15. The first-order valence-electron chi connectivity index (χ1n) is 18.4. The number of hydrogen-bond acceptors (Lipinski definition) is 2. The molecule has 252 valence electrons. The van der Waals surface area contributed by atoms with Gasteiger partial charge in [0.1, 0.15) is 0 Å². The molecule has 1 aromatic heterocycles. The van der Waals surface area contributed by atoms with E-state index in [-0.39, 0.29) is 0 Å². The van der Waals surface area contributed by atoms with Gasteiger partial charge in [0.15, 0.2) is 5.82 Å². The van der Waals surface area contributed by atoms with E-state index in [1.165, 1.54) is 54.6 Å². The molecule has 54 heavy (non-hydrogen) atoms. The predicted octanol–water partition coefficient (Wildman–Crippen LogP) is 13.9. The van der Waals surface area contributed by atoms with Crippen molar-refractivity contribution in [1.82, 2.24) is 9.97 Å². The Morgan fingerprint density at radius 2 is 0.796 bits per heavy atom. The summed E-state index contributed by atoms with van der Waals surface area (Å²) in [5.41, 5.74) is 12.0. The highest BCUT2D eigenvalue weighted by Gasteiger charge is 2.16. The average Bonchev–Trinajstić information content (AvgIpc) is 3.26. The van der Waals surface area contributed by atoms with Crippen LogP contribution < -0.4 is 0 Å². The third-order valence-corrected chi connectivity index (χ3v) is 10.5. The lowest BCUT2D eigenvalue weighted by molar-refractivity contribution is 1.18. The second-order valence-electron chi connectivity index (χ2n) is 13.8. The molecular formula is C52H34N2. The van der Waals surface area contributed by atoms with E-state index in [0.717, 1.165) is 39.2 Å². The molecule has 0 atom stereocenters. The summed E-state index contributed by atoms with van der Waals surface area (Å²) in [5, 5.41) is 7.49. The number of rotatable bonds is 6. The molecule has 0 saturated carbocycles. The molecule has 9 aromatic carbocycles. The van der Waals surface area contributed by atoms with Crippen molar-refractivity contribution in [2.24, 2.45) is 0 Å². The number of nitrogens with zero attached hydrogens (tertiary/aromatic N) is 2. The van der Waals surface area contributed by atoms with Crippen molar-refractivity contribution in [3.63, 3.8) is 0 Å². The summed E-state index contributed by atoms with van der Waals surface area (Å²) in [5.74, 6) is 0.695. The molecule has 2 heteroatoms. The molecule has 0 spiro atoms. The van der Waals surface area contributed by atoms with Crippen molar-refractivity contribution in [3.05, 3.63) is 206 Å². The van der Waals surface area contributed by atoms with Crippen molar-refractivity contribution in [1.29, 1.82) is 0 Å². The standard InChI is InChI=1S/C52H34N2/c1-3-13-35(14-4-1)36-23-25-38(26-24-36)44-19-11-12-22-47(44)49-34-48(39-16-5-2-6-17-39)53-52(54-49)41-30-28-40(29-31-41)50-46-21-10-8-18-42(46)33-43-32-27-37-15-7-9-20-45(37)51(43)50/h1-34H. The molecule has 0 fully saturated rings. The Labute approximate surface area is 314 Å². The van der Waals surface area contributed by atoms with Gasteiger partial charge in [0, 0.05) is 16.7 Å².